The van der Waals surface area contributed by atoms with Gasteiger partial charge < -0.3 is 20.1 Å². The number of hydrogen-bond donors (Lipinski definition) is 2. The highest BCUT2D eigenvalue weighted by molar-refractivity contribution is 5.49. The van der Waals surface area contributed by atoms with Gasteiger partial charge in [0, 0.05) is 37.6 Å². The van der Waals surface area contributed by atoms with Crippen molar-refractivity contribution in [1.82, 2.24) is 0 Å². The number of aliphatic hydroxyl groups is 1. The minimum absolute atomic E-state index is 0.197. The number of aliphatic hydroxyl groups excluding tert-OH is 1. The monoisotopic (exact) mass is 312 g/mol. The zero-order valence-electron chi connectivity index (χ0n) is 13.4. The third kappa shape index (κ3) is 4.47. The molecule has 0 spiro atoms. The van der Waals surface area contributed by atoms with Crippen LogP contribution in [0.15, 0.2) is 48.5 Å². The third-order valence-electron chi connectivity index (χ3n) is 4.16. The maximum Gasteiger partial charge on any atom is 0.0642 e. The Morgan fingerprint density at radius 3 is 2.22 bits per heavy atom. The summed E-state index contributed by atoms with van der Waals surface area (Å²) in [5.41, 5.74) is 4.80. The lowest BCUT2D eigenvalue weighted by Gasteiger charge is -2.28. The first kappa shape index (κ1) is 15.8. The Balaban J connectivity index is 1.53. The van der Waals surface area contributed by atoms with Crippen molar-refractivity contribution in [2.75, 3.05) is 43.1 Å². The summed E-state index contributed by atoms with van der Waals surface area (Å²) in [6, 6.07) is 17.0. The summed E-state index contributed by atoms with van der Waals surface area (Å²) in [6.45, 7) is 4.58. The van der Waals surface area contributed by atoms with Crippen molar-refractivity contribution < 1.29 is 9.84 Å². The lowest BCUT2D eigenvalue weighted by molar-refractivity contribution is 0.122. The van der Waals surface area contributed by atoms with Gasteiger partial charge in [0.15, 0.2) is 0 Å². The molecule has 0 unspecified atom stereocenters. The van der Waals surface area contributed by atoms with E-state index in [9.17, 15) is 0 Å². The van der Waals surface area contributed by atoms with E-state index < -0.39 is 0 Å². The van der Waals surface area contributed by atoms with Crippen LogP contribution in [0.25, 0.3) is 0 Å². The molecule has 2 aromatic carbocycles. The van der Waals surface area contributed by atoms with Gasteiger partial charge in [-0.1, -0.05) is 24.3 Å². The van der Waals surface area contributed by atoms with Gasteiger partial charge in [0.05, 0.1) is 13.2 Å². The molecular formula is C19H24N2O2. The van der Waals surface area contributed by atoms with Gasteiger partial charge in [0.25, 0.3) is 0 Å². The highest BCUT2D eigenvalue weighted by atomic mass is 16.5. The quantitative estimate of drug-likeness (QED) is 0.861. The molecule has 23 heavy (non-hydrogen) atoms. The molecule has 0 amide bonds. The van der Waals surface area contributed by atoms with Crippen LogP contribution in [0.1, 0.15) is 11.1 Å². The van der Waals surface area contributed by atoms with E-state index in [-0.39, 0.29) is 6.61 Å². The summed E-state index contributed by atoms with van der Waals surface area (Å²) in [4.78, 5) is 2.36. The summed E-state index contributed by atoms with van der Waals surface area (Å²) in [5.74, 6) is 0. The second-order valence-electron chi connectivity index (χ2n) is 5.79. The van der Waals surface area contributed by atoms with Crippen molar-refractivity contribution in [3.05, 3.63) is 59.7 Å². The highest BCUT2D eigenvalue weighted by Gasteiger charge is 2.10. The Hall–Kier alpha value is -2.04. The van der Waals surface area contributed by atoms with Crippen LogP contribution < -0.4 is 10.2 Å². The molecule has 1 aliphatic heterocycles. The van der Waals surface area contributed by atoms with Crippen LogP contribution in [-0.2, 0) is 17.7 Å². The second-order valence-corrected chi connectivity index (χ2v) is 5.79. The molecule has 0 bridgehead atoms. The zero-order valence-corrected chi connectivity index (χ0v) is 13.4. The molecular weight excluding hydrogens is 288 g/mol. The average molecular weight is 312 g/mol. The van der Waals surface area contributed by atoms with Crippen molar-refractivity contribution in [3.63, 3.8) is 0 Å². The van der Waals surface area contributed by atoms with Gasteiger partial charge in [-0.2, -0.15) is 0 Å². The summed E-state index contributed by atoms with van der Waals surface area (Å²) in [5, 5.41) is 12.4. The lowest BCUT2D eigenvalue weighted by Crippen LogP contribution is -2.36. The van der Waals surface area contributed by atoms with Gasteiger partial charge in [-0.15, -0.1) is 0 Å². The zero-order chi connectivity index (χ0) is 15.9. The molecule has 1 aliphatic rings. The molecule has 0 radical (unpaired) electrons. The Kier molecular flexibility index (Phi) is 5.51. The number of hydrogen-bond acceptors (Lipinski definition) is 4. The predicted octanol–water partition coefficient (Wildman–Crippen LogP) is 2.67. The van der Waals surface area contributed by atoms with Crippen LogP contribution >= 0.6 is 0 Å². The molecule has 3 rings (SSSR count). The van der Waals surface area contributed by atoms with Gasteiger partial charge >= 0.3 is 0 Å². The first-order valence-electron chi connectivity index (χ1n) is 8.20. The van der Waals surface area contributed by atoms with E-state index in [4.69, 9.17) is 9.84 Å². The van der Waals surface area contributed by atoms with Crippen molar-refractivity contribution >= 4 is 11.4 Å². The SMILES string of the molecule is OCCc1ccc(NCc2ccc(N3CCOCC3)cc2)cc1. The molecule has 2 N–H and O–H groups in total. The minimum Gasteiger partial charge on any atom is -0.396 e. The van der Waals surface area contributed by atoms with E-state index in [0.29, 0.717) is 6.42 Å². The number of rotatable bonds is 6. The molecule has 1 saturated heterocycles. The molecule has 1 heterocycles. The predicted molar refractivity (Wildman–Crippen MR) is 94.0 cm³/mol. The van der Waals surface area contributed by atoms with Crippen LogP contribution in [0.3, 0.4) is 0 Å². The van der Waals surface area contributed by atoms with E-state index in [0.717, 1.165) is 44.1 Å². The fraction of sp³-hybridized carbons (Fsp3) is 0.368. The Bertz CT molecular complexity index is 590. The maximum atomic E-state index is 8.93. The number of anilines is 2. The number of nitrogens with zero attached hydrogens (tertiary/aromatic N) is 1. The first-order valence-corrected chi connectivity index (χ1v) is 8.20. The van der Waals surface area contributed by atoms with E-state index in [1.54, 1.807) is 0 Å². The largest absolute Gasteiger partial charge is 0.396 e. The Labute approximate surface area is 137 Å². The van der Waals surface area contributed by atoms with Gasteiger partial charge in [-0.3, -0.25) is 0 Å². The lowest BCUT2D eigenvalue weighted by atomic mass is 10.1. The molecule has 4 nitrogen and oxygen atoms in total. The highest BCUT2D eigenvalue weighted by Crippen LogP contribution is 2.18. The van der Waals surface area contributed by atoms with Crippen LogP contribution in [0.5, 0.6) is 0 Å². The smallest absolute Gasteiger partial charge is 0.0642 e. The summed E-state index contributed by atoms with van der Waals surface area (Å²) < 4.78 is 5.39. The van der Waals surface area contributed by atoms with Gasteiger partial charge in [0.2, 0.25) is 0 Å². The van der Waals surface area contributed by atoms with Crippen molar-refractivity contribution in [2.24, 2.45) is 0 Å². The van der Waals surface area contributed by atoms with E-state index >= 15 is 0 Å². The van der Waals surface area contributed by atoms with Crippen LogP contribution in [0.2, 0.25) is 0 Å². The van der Waals surface area contributed by atoms with Crippen LogP contribution in [-0.4, -0.2) is 38.0 Å². The fourth-order valence-corrected chi connectivity index (χ4v) is 2.77. The molecule has 0 saturated carbocycles. The molecule has 2 aromatic rings. The number of ether oxygens (including phenoxy) is 1. The summed E-state index contributed by atoms with van der Waals surface area (Å²) in [7, 11) is 0. The maximum absolute atomic E-state index is 8.93. The van der Waals surface area contributed by atoms with E-state index in [1.807, 2.05) is 0 Å². The summed E-state index contributed by atoms with van der Waals surface area (Å²) in [6.07, 6.45) is 0.712. The number of benzene rings is 2. The average Bonchev–Trinajstić information content (AvgIpc) is 2.63. The number of morpholine rings is 1. The van der Waals surface area contributed by atoms with E-state index in [1.165, 1.54) is 11.3 Å². The van der Waals surface area contributed by atoms with Gasteiger partial charge in [-0.05, 0) is 41.8 Å². The fourth-order valence-electron chi connectivity index (χ4n) is 2.77. The molecule has 0 aliphatic carbocycles. The van der Waals surface area contributed by atoms with Crippen molar-refractivity contribution in [2.45, 2.75) is 13.0 Å². The van der Waals surface area contributed by atoms with E-state index in [2.05, 4.69) is 58.7 Å². The van der Waals surface area contributed by atoms with Crippen molar-refractivity contribution in [1.29, 1.82) is 0 Å². The molecule has 0 atom stereocenters. The number of nitrogens with one attached hydrogen (secondary N) is 1. The van der Waals surface area contributed by atoms with Gasteiger partial charge in [-0.25, -0.2) is 0 Å². The van der Waals surface area contributed by atoms with Crippen LogP contribution in [0, 0.1) is 0 Å². The standard InChI is InChI=1S/C19H24N2O2/c22-12-9-16-1-5-18(6-2-16)20-15-17-3-7-19(8-4-17)21-10-13-23-14-11-21/h1-8,20,22H,9-15H2. The van der Waals surface area contributed by atoms with Gasteiger partial charge in [0.1, 0.15) is 0 Å². The first-order chi connectivity index (χ1) is 11.3. The van der Waals surface area contributed by atoms with Crippen LogP contribution in [0.4, 0.5) is 11.4 Å². The molecule has 0 aromatic heterocycles. The topological polar surface area (TPSA) is 44.7 Å². The molecule has 4 heteroatoms. The summed E-state index contributed by atoms with van der Waals surface area (Å²) >= 11 is 0. The Morgan fingerprint density at radius 2 is 1.57 bits per heavy atom. The molecule has 122 valence electrons. The molecule has 1 fully saturated rings. The normalized spacial score (nSPS) is 14.7. The third-order valence-corrected chi connectivity index (χ3v) is 4.16. The second kappa shape index (κ2) is 7.99. The minimum atomic E-state index is 0.197. The van der Waals surface area contributed by atoms with Crippen molar-refractivity contribution in [3.8, 4) is 0 Å². The Morgan fingerprint density at radius 1 is 0.913 bits per heavy atom.